The Morgan fingerprint density at radius 3 is 2.21 bits per heavy atom. The summed E-state index contributed by atoms with van der Waals surface area (Å²) in [5.41, 5.74) is 8.97. The highest BCUT2D eigenvalue weighted by atomic mass is 16.5. The number of para-hydroxylation sites is 1. The first-order chi connectivity index (χ1) is 19.0. The Bertz CT molecular complexity index is 1210. The first-order valence-electron chi connectivity index (χ1n) is 13.0. The van der Waals surface area contributed by atoms with Crippen molar-refractivity contribution < 1.29 is 19.1 Å². The van der Waals surface area contributed by atoms with Gasteiger partial charge in [0.25, 0.3) is 0 Å². The number of methoxy groups -OCH3 is 1. The maximum atomic E-state index is 13.9. The summed E-state index contributed by atoms with van der Waals surface area (Å²) < 4.78 is 10.8. The van der Waals surface area contributed by atoms with Crippen molar-refractivity contribution in [1.82, 2.24) is 10.6 Å². The Morgan fingerprint density at radius 1 is 1.03 bits per heavy atom. The van der Waals surface area contributed by atoms with Crippen molar-refractivity contribution in [2.75, 3.05) is 25.6 Å². The van der Waals surface area contributed by atoms with Crippen LogP contribution in [0.3, 0.4) is 0 Å². The van der Waals surface area contributed by atoms with Gasteiger partial charge in [-0.1, -0.05) is 78.9 Å². The number of rotatable bonds is 10. The number of morpholine rings is 1. The molecule has 2 amide bonds. The first-order valence-corrected chi connectivity index (χ1v) is 13.0. The number of nitrogens with two attached hydrogens (primary N) is 1. The zero-order valence-corrected chi connectivity index (χ0v) is 21.9. The van der Waals surface area contributed by atoms with E-state index >= 15 is 0 Å². The Kier molecular flexibility index (Phi) is 9.66. The van der Waals surface area contributed by atoms with Gasteiger partial charge >= 0.3 is 6.09 Å². The van der Waals surface area contributed by atoms with Crippen LogP contribution in [-0.2, 0) is 20.7 Å². The number of aryl methyl sites for hydroxylation is 1. The molecule has 1 aliphatic heterocycles. The molecule has 3 aromatic carbocycles. The van der Waals surface area contributed by atoms with Crippen LogP contribution in [-0.4, -0.2) is 56.3 Å². The molecule has 0 spiro atoms. The van der Waals surface area contributed by atoms with Crippen molar-refractivity contribution in [2.45, 2.75) is 36.9 Å². The van der Waals surface area contributed by atoms with Gasteiger partial charge in [0.2, 0.25) is 5.91 Å². The van der Waals surface area contributed by atoms with Gasteiger partial charge in [0.05, 0.1) is 25.9 Å². The number of hydrogen-bond acceptors (Lipinski definition) is 6. The Hall–Kier alpha value is -4.21. The fourth-order valence-corrected chi connectivity index (χ4v) is 4.78. The molecule has 9 nitrogen and oxygen atoms in total. The molecule has 0 bridgehead atoms. The molecule has 204 valence electrons. The molecule has 3 aromatic rings. The van der Waals surface area contributed by atoms with E-state index in [0.717, 1.165) is 23.1 Å². The molecule has 6 N–H and O–H groups in total. The van der Waals surface area contributed by atoms with E-state index in [0.29, 0.717) is 25.3 Å². The topological polar surface area (TPSA) is 139 Å². The number of anilines is 1. The van der Waals surface area contributed by atoms with Crippen molar-refractivity contribution >= 4 is 23.5 Å². The predicted octanol–water partition coefficient (Wildman–Crippen LogP) is 3.41. The second-order valence-corrected chi connectivity index (χ2v) is 9.47. The van der Waals surface area contributed by atoms with Crippen LogP contribution >= 0.6 is 0 Å². The zero-order chi connectivity index (χ0) is 27.6. The van der Waals surface area contributed by atoms with Crippen LogP contribution in [0.25, 0.3) is 0 Å². The number of carbonyl (C=O) groups excluding carboxylic acids is 2. The minimum Gasteiger partial charge on any atom is -0.453 e. The second-order valence-electron chi connectivity index (χ2n) is 9.47. The highest BCUT2D eigenvalue weighted by molar-refractivity contribution is 5.98. The lowest BCUT2D eigenvalue weighted by molar-refractivity contribution is -0.118. The maximum absolute atomic E-state index is 13.9. The van der Waals surface area contributed by atoms with Gasteiger partial charge in [0, 0.05) is 18.2 Å². The summed E-state index contributed by atoms with van der Waals surface area (Å²) in [6, 6.07) is 25.7. The number of amides is 2. The number of carbonyl (C=O) groups is 2. The SMILES string of the molecule is COC(=O)NC(C(=O)Nc1ccccc1CCC1CNC(C(=N)N)CO1)C(c1ccccc1)c1ccccc1. The molecular formula is C30H35N5O4. The molecule has 1 heterocycles. The molecule has 0 saturated carbocycles. The van der Waals surface area contributed by atoms with Gasteiger partial charge in [-0.15, -0.1) is 0 Å². The lowest BCUT2D eigenvalue weighted by Gasteiger charge is -2.30. The van der Waals surface area contributed by atoms with E-state index in [2.05, 4.69) is 16.0 Å². The van der Waals surface area contributed by atoms with Gasteiger partial charge in [-0.2, -0.15) is 0 Å². The average Bonchev–Trinajstić information content (AvgIpc) is 2.97. The van der Waals surface area contributed by atoms with Crippen LogP contribution in [0.4, 0.5) is 10.5 Å². The molecule has 39 heavy (non-hydrogen) atoms. The summed E-state index contributed by atoms with van der Waals surface area (Å²) in [5.74, 6) is -0.735. The third-order valence-electron chi connectivity index (χ3n) is 6.87. The van der Waals surface area contributed by atoms with E-state index in [4.69, 9.17) is 20.6 Å². The number of ether oxygens (including phenoxy) is 2. The van der Waals surface area contributed by atoms with E-state index in [-0.39, 0.29) is 23.9 Å². The molecular weight excluding hydrogens is 494 g/mol. The molecule has 0 aliphatic carbocycles. The van der Waals surface area contributed by atoms with Gasteiger partial charge < -0.3 is 31.2 Å². The smallest absolute Gasteiger partial charge is 0.407 e. The van der Waals surface area contributed by atoms with Crippen LogP contribution in [0.5, 0.6) is 0 Å². The second kappa shape index (κ2) is 13.5. The van der Waals surface area contributed by atoms with Crippen LogP contribution in [0.1, 0.15) is 29.0 Å². The Morgan fingerprint density at radius 2 is 1.64 bits per heavy atom. The largest absolute Gasteiger partial charge is 0.453 e. The molecule has 3 atom stereocenters. The summed E-state index contributed by atoms with van der Waals surface area (Å²) in [4.78, 5) is 26.3. The normalized spacial score (nSPS) is 17.7. The highest BCUT2D eigenvalue weighted by Gasteiger charge is 2.33. The summed E-state index contributed by atoms with van der Waals surface area (Å²) in [6.45, 7) is 0.958. The van der Waals surface area contributed by atoms with Gasteiger partial charge in [-0.05, 0) is 35.6 Å². The minimum atomic E-state index is -0.940. The quantitative estimate of drug-likeness (QED) is 0.202. The van der Waals surface area contributed by atoms with Crippen LogP contribution in [0.15, 0.2) is 84.9 Å². The standard InChI is InChI=1S/C30H35N5O4/c1-38-30(37)35-27(26(21-11-4-2-5-12-21)22-13-6-3-7-14-22)29(36)34-24-15-9-8-10-20(24)16-17-23-18-33-25(19-39-23)28(31)32/h2-15,23,25-27,33H,16-19H2,1H3,(H3,31,32)(H,34,36)(H,35,37). The number of alkyl carbamates (subject to hydrolysis) is 1. The van der Waals surface area contributed by atoms with Gasteiger partial charge in [0.15, 0.2) is 0 Å². The van der Waals surface area contributed by atoms with Crippen molar-refractivity contribution in [2.24, 2.45) is 5.73 Å². The Balaban J connectivity index is 1.54. The highest BCUT2D eigenvalue weighted by Crippen LogP contribution is 2.30. The molecule has 1 fully saturated rings. The molecule has 9 heteroatoms. The van der Waals surface area contributed by atoms with Gasteiger partial charge in [-0.3, -0.25) is 10.2 Å². The third kappa shape index (κ3) is 7.43. The summed E-state index contributed by atoms with van der Waals surface area (Å²) in [6.07, 6.45) is 0.679. The lowest BCUT2D eigenvalue weighted by atomic mass is 9.84. The van der Waals surface area contributed by atoms with Gasteiger partial charge in [-0.25, -0.2) is 4.79 Å². The maximum Gasteiger partial charge on any atom is 0.407 e. The van der Waals surface area contributed by atoms with Gasteiger partial charge in [0.1, 0.15) is 11.9 Å². The zero-order valence-electron chi connectivity index (χ0n) is 21.9. The molecule has 4 rings (SSSR count). The fraction of sp³-hybridized carbons (Fsp3) is 0.300. The van der Waals surface area contributed by atoms with Crippen LogP contribution in [0.2, 0.25) is 0 Å². The molecule has 1 saturated heterocycles. The van der Waals surface area contributed by atoms with Crippen molar-refractivity contribution in [3.05, 3.63) is 102 Å². The van der Waals surface area contributed by atoms with Crippen molar-refractivity contribution in [1.29, 1.82) is 5.41 Å². The van der Waals surface area contributed by atoms with Crippen molar-refractivity contribution in [3.63, 3.8) is 0 Å². The van der Waals surface area contributed by atoms with E-state index in [1.54, 1.807) is 0 Å². The lowest BCUT2D eigenvalue weighted by Crippen LogP contribution is -2.52. The van der Waals surface area contributed by atoms with Crippen LogP contribution in [0, 0.1) is 5.41 Å². The van der Waals surface area contributed by atoms with Crippen molar-refractivity contribution in [3.8, 4) is 0 Å². The van der Waals surface area contributed by atoms with E-state index in [1.165, 1.54) is 7.11 Å². The predicted molar refractivity (Wildman–Crippen MR) is 151 cm³/mol. The minimum absolute atomic E-state index is 0.0290. The number of nitrogens with one attached hydrogen (secondary N) is 4. The van der Waals surface area contributed by atoms with E-state index in [1.807, 2.05) is 84.9 Å². The first kappa shape index (κ1) is 27.8. The summed E-state index contributed by atoms with van der Waals surface area (Å²) >= 11 is 0. The molecule has 1 aliphatic rings. The van der Waals surface area contributed by atoms with E-state index < -0.39 is 18.1 Å². The molecule has 0 radical (unpaired) electrons. The summed E-state index contributed by atoms with van der Waals surface area (Å²) in [5, 5.41) is 16.6. The monoisotopic (exact) mass is 529 g/mol. The Labute approximate surface area is 228 Å². The molecule has 0 aromatic heterocycles. The third-order valence-corrected chi connectivity index (χ3v) is 6.87. The molecule has 3 unspecified atom stereocenters. The number of hydrogen-bond donors (Lipinski definition) is 5. The van der Waals surface area contributed by atoms with Crippen LogP contribution < -0.4 is 21.7 Å². The number of benzene rings is 3. The average molecular weight is 530 g/mol. The van der Waals surface area contributed by atoms with E-state index in [9.17, 15) is 9.59 Å². The summed E-state index contributed by atoms with van der Waals surface area (Å²) in [7, 11) is 1.28. The number of amidine groups is 1. The fourth-order valence-electron chi connectivity index (χ4n) is 4.78.